The molecule has 1 amide bonds. The highest BCUT2D eigenvalue weighted by atomic mass is 16.6. The lowest BCUT2D eigenvalue weighted by molar-refractivity contribution is -0.384. The SMILES string of the molecule is O=C1C2c3cc([N+](=O)[O-])ccc3N1C2c1ccccc1Nc1ccc2[nH]ncc2c1. The largest absolute Gasteiger partial charge is 0.355 e. The Morgan fingerprint density at radius 3 is 2.80 bits per heavy atom. The van der Waals surface area contributed by atoms with E-state index in [1.165, 1.54) is 12.1 Å². The molecule has 8 heteroatoms. The van der Waals surface area contributed by atoms with E-state index >= 15 is 0 Å². The molecule has 2 N–H and O–H groups in total. The summed E-state index contributed by atoms with van der Waals surface area (Å²) in [5, 5.41) is 22.6. The van der Waals surface area contributed by atoms with Crippen LogP contribution < -0.4 is 10.2 Å². The number of amides is 1. The van der Waals surface area contributed by atoms with E-state index < -0.39 is 4.92 Å². The number of fused-ring (bicyclic) bond motifs is 6. The fourth-order valence-electron chi connectivity index (χ4n) is 4.55. The van der Waals surface area contributed by atoms with Gasteiger partial charge in [-0.25, -0.2) is 0 Å². The van der Waals surface area contributed by atoms with Gasteiger partial charge in [-0.1, -0.05) is 18.2 Å². The van der Waals surface area contributed by atoms with Gasteiger partial charge in [-0.05, 0) is 41.5 Å². The number of H-pyrrole nitrogens is 1. The standard InChI is InChI=1S/C22H15N5O3/c28-22-20-16-10-14(27(29)30)6-8-19(16)26(22)21(20)15-3-1-2-4-18(15)24-13-5-7-17-12(9-13)11-23-25-17/h1-11,20-21,24H,(H,23,25). The molecule has 146 valence electrons. The minimum absolute atomic E-state index is 0.00822. The number of nitro groups is 1. The zero-order chi connectivity index (χ0) is 20.4. The Morgan fingerprint density at radius 2 is 1.93 bits per heavy atom. The van der Waals surface area contributed by atoms with E-state index in [2.05, 4.69) is 15.5 Å². The second-order valence-corrected chi connectivity index (χ2v) is 7.52. The van der Waals surface area contributed by atoms with E-state index in [0.717, 1.165) is 39.1 Å². The highest BCUT2D eigenvalue weighted by molar-refractivity contribution is 6.13. The molecule has 4 aromatic rings. The fraction of sp³-hybridized carbons (Fsp3) is 0.0909. The number of nitro benzene ring substituents is 1. The number of nitrogens with zero attached hydrogens (tertiary/aromatic N) is 3. The van der Waals surface area contributed by atoms with E-state index in [-0.39, 0.29) is 23.6 Å². The van der Waals surface area contributed by atoms with Crippen LogP contribution in [0.15, 0.2) is 66.9 Å². The van der Waals surface area contributed by atoms with Gasteiger partial charge >= 0.3 is 0 Å². The summed E-state index contributed by atoms with van der Waals surface area (Å²) in [6.45, 7) is 0. The number of non-ortho nitro benzene ring substituents is 1. The summed E-state index contributed by atoms with van der Waals surface area (Å²) in [6, 6.07) is 18.3. The average Bonchev–Trinajstić information content (AvgIpc) is 3.42. The number of benzene rings is 3. The number of aromatic nitrogens is 2. The third-order valence-corrected chi connectivity index (χ3v) is 5.91. The smallest absolute Gasteiger partial charge is 0.269 e. The summed E-state index contributed by atoms with van der Waals surface area (Å²) in [4.78, 5) is 25.1. The molecule has 6 rings (SSSR count). The van der Waals surface area contributed by atoms with Crippen molar-refractivity contribution in [2.45, 2.75) is 12.0 Å². The van der Waals surface area contributed by atoms with Gasteiger partial charge in [0.25, 0.3) is 5.69 Å². The van der Waals surface area contributed by atoms with Crippen molar-refractivity contribution in [1.82, 2.24) is 10.2 Å². The maximum Gasteiger partial charge on any atom is 0.269 e. The molecular weight excluding hydrogens is 382 g/mol. The number of hydrogen-bond donors (Lipinski definition) is 2. The van der Waals surface area contributed by atoms with Gasteiger partial charge in [0, 0.05) is 34.6 Å². The highest BCUT2D eigenvalue weighted by Gasteiger charge is 2.58. The summed E-state index contributed by atoms with van der Waals surface area (Å²) < 4.78 is 0. The number of nitrogens with one attached hydrogen (secondary N) is 2. The number of hydrogen-bond acceptors (Lipinski definition) is 5. The van der Waals surface area contributed by atoms with Crippen LogP contribution in [0.5, 0.6) is 0 Å². The minimum Gasteiger partial charge on any atom is -0.355 e. The predicted molar refractivity (Wildman–Crippen MR) is 112 cm³/mol. The van der Waals surface area contributed by atoms with Gasteiger partial charge < -0.3 is 10.2 Å². The number of rotatable bonds is 4. The molecule has 0 radical (unpaired) electrons. The Balaban J connectivity index is 1.38. The maximum absolute atomic E-state index is 12.7. The Morgan fingerprint density at radius 1 is 1.07 bits per heavy atom. The van der Waals surface area contributed by atoms with Crippen LogP contribution in [0.1, 0.15) is 23.1 Å². The molecule has 0 saturated carbocycles. The van der Waals surface area contributed by atoms with Crippen molar-refractivity contribution < 1.29 is 9.72 Å². The Bertz CT molecular complexity index is 1360. The molecule has 30 heavy (non-hydrogen) atoms. The van der Waals surface area contributed by atoms with Crippen LogP contribution in [0, 0.1) is 10.1 Å². The lowest BCUT2D eigenvalue weighted by Crippen LogP contribution is -2.47. The van der Waals surface area contributed by atoms with E-state index in [1.54, 1.807) is 17.2 Å². The molecule has 0 aliphatic carbocycles. The number of para-hydroxylation sites is 1. The van der Waals surface area contributed by atoms with Gasteiger partial charge in [0.1, 0.15) is 0 Å². The first-order valence-corrected chi connectivity index (χ1v) is 9.52. The molecule has 2 unspecified atom stereocenters. The van der Waals surface area contributed by atoms with Crippen molar-refractivity contribution in [3.05, 3.63) is 88.1 Å². The van der Waals surface area contributed by atoms with Crippen LogP contribution >= 0.6 is 0 Å². The molecule has 0 spiro atoms. The second kappa shape index (κ2) is 5.90. The first-order chi connectivity index (χ1) is 14.6. The number of anilines is 3. The third kappa shape index (κ3) is 2.21. The van der Waals surface area contributed by atoms with Crippen LogP contribution in [0.4, 0.5) is 22.7 Å². The van der Waals surface area contributed by atoms with Crippen LogP contribution in [0.2, 0.25) is 0 Å². The maximum atomic E-state index is 12.7. The van der Waals surface area contributed by atoms with Crippen molar-refractivity contribution in [3.63, 3.8) is 0 Å². The summed E-state index contributed by atoms with van der Waals surface area (Å²) in [5.74, 6) is -0.399. The molecule has 1 saturated heterocycles. The lowest BCUT2D eigenvalue weighted by Gasteiger charge is -2.39. The summed E-state index contributed by atoms with van der Waals surface area (Å²) in [5.41, 5.74) is 5.25. The van der Waals surface area contributed by atoms with Gasteiger partial charge in [0.15, 0.2) is 0 Å². The first-order valence-electron chi connectivity index (χ1n) is 9.52. The van der Waals surface area contributed by atoms with Gasteiger partial charge in [0.05, 0.1) is 28.6 Å². The van der Waals surface area contributed by atoms with Crippen molar-refractivity contribution in [2.24, 2.45) is 0 Å². The minimum atomic E-state index is -0.424. The average molecular weight is 397 g/mol. The lowest BCUT2D eigenvalue weighted by atomic mass is 9.83. The molecule has 2 bridgehead atoms. The summed E-state index contributed by atoms with van der Waals surface area (Å²) in [7, 11) is 0. The van der Waals surface area contributed by atoms with Gasteiger partial charge in [-0.3, -0.25) is 20.0 Å². The third-order valence-electron chi connectivity index (χ3n) is 5.91. The molecule has 1 aromatic heterocycles. The van der Waals surface area contributed by atoms with Crippen LogP contribution in [-0.4, -0.2) is 21.0 Å². The quantitative estimate of drug-likeness (QED) is 0.302. The summed E-state index contributed by atoms with van der Waals surface area (Å²) >= 11 is 0. The molecule has 2 aliphatic heterocycles. The Kier molecular flexibility index (Phi) is 3.29. The topological polar surface area (TPSA) is 104 Å². The number of aromatic amines is 1. The molecule has 2 aliphatic rings. The van der Waals surface area contributed by atoms with E-state index in [0.29, 0.717) is 0 Å². The monoisotopic (exact) mass is 397 g/mol. The number of carbonyl (C=O) groups excluding carboxylic acids is 1. The fourth-order valence-corrected chi connectivity index (χ4v) is 4.55. The Labute approximate surface area is 170 Å². The van der Waals surface area contributed by atoms with Gasteiger partial charge in [-0.15, -0.1) is 0 Å². The zero-order valence-corrected chi connectivity index (χ0v) is 15.6. The van der Waals surface area contributed by atoms with Gasteiger partial charge in [0.2, 0.25) is 5.91 Å². The van der Waals surface area contributed by atoms with Crippen molar-refractivity contribution in [2.75, 3.05) is 10.2 Å². The second-order valence-electron chi connectivity index (χ2n) is 7.52. The first kappa shape index (κ1) is 16.7. The zero-order valence-electron chi connectivity index (χ0n) is 15.6. The van der Waals surface area contributed by atoms with Crippen molar-refractivity contribution in [1.29, 1.82) is 0 Å². The van der Waals surface area contributed by atoms with Crippen LogP contribution in [-0.2, 0) is 4.79 Å². The van der Waals surface area contributed by atoms with E-state index in [1.807, 2.05) is 42.5 Å². The number of carbonyl (C=O) groups is 1. The van der Waals surface area contributed by atoms with Crippen molar-refractivity contribution in [3.8, 4) is 0 Å². The molecule has 1 fully saturated rings. The normalized spacial score (nSPS) is 18.9. The predicted octanol–water partition coefficient (Wildman–Crippen LogP) is 4.40. The number of β-lactam (4-membered cyclic amide) rings is 1. The highest BCUT2D eigenvalue weighted by Crippen LogP contribution is 2.60. The van der Waals surface area contributed by atoms with E-state index in [9.17, 15) is 14.9 Å². The van der Waals surface area contributed by atoms with Crippen LogP contribution in [0.25, 0.3) is 10.9 Å². The molecule has 3 heterocycles. The summed E-state index contributed by atoms with van der Waals surface area (Å²) in [6.07, 6.45) is 1.77. The molecule has 8 nitrogen and oxygen atoms in total. The molecular formula is C22H15N5O3. The van der Waals surface area contributed by atoms with Crippen molar-refractivity contribution >= 4 is 39.6 Å². The Hall–Kier alpha value is -4.20. The van der Waals surface area contributed by atoms with Crippen LogP contribution in [0.3, 0.4) is 0 Å². The van der Waals surface area contributed by atoms with Gasteiger partial charge in [-0.2, -0.15) is 5.10 Å². The van der Waals surface area contributed by atoms with E-state index in [4.69, 9.17) is 0 Å². The molecule has 3 aromatic carbocycles. The molecule has 2 atom stereocenters.